The van der Waals surface area contributed by atoms with E-state index in [4.69, 9.17) is 0 Å². The van der Waals surface area contributed by atoms with Gasteiger partial charge in [0.2, 0.25) is 0 Å². The van der Waals surface area contributed by atoms with E-state index in [1.54, 1.807) is 0 Å². The molecule has 100 valence electrons. The third kappa shape index (κ3) is 3.42. The lowest BCUT2D eigenvalue weighted by atomic mass is 10.2. The molecular weight excluding hydrogens is 250 g/mol. The van der Waals surface area contributed by atoms with Crippen molar-refractivity contribution in [2.24, 2.45) is 0 Å². The third-order valence-electron chi connectivity index (χ3n) is 3.15. The van der Waals surface area contributed by atoms with Crippen molar-refractivity contribution in [1.29, 1.82) is 0 Å². The van der Waals surface area contributed by atoms with E-state index in [9.17, 15) is 0 Å². The molecule has 1 nitrogen and oxygen atoms in total. The normalized spacial score (nSPS) is 11.3. The van der Waals surface area contributed by atoms with Gasteiger partial charge in [-0.05, 0) is 43.2 Å². The van der Waals surface area contributed by atoms with Crippen LogP contribution in [0, 0.1) is 6.92 Å². The van der Waals surface area contributed by atoms with E-state index in [2.05, 4.69) is 78.8 Å². The summed E-state index contributed by atoms with van der Waals surface area (Å²) in [6.45, 7) is 4.25. The number of hydrogen-bond donors (Lipinski definition) is 1. The molecule has 0 aliphatic carbocycles. The lowest BCUT2D eigenvalue weighted by molar-refractivity contribution is 1.14. The molecule has 0 atom stereocenters. The van der Waals surface area contributed by atoms with Gasteiger partial charge in [0.1, 0.15) is 0 Å². The Labute approximate surface area is 116 Å². The summed E-state index contributed by atoms with van der Waals surface area (Å²) < 4.78 is 3.47. The summed E-state index contributed by atoms with van der Waals surface area (Å²) in [5, 5.41) is 0. The highest BCUT2D eigenvalue weighted by Crippen LogP contribution is 2.32. The van der Waals surface area contributed by atoms with E-state index in [1.165, 1.54) is 11.1 Å². The minimum absolute atomic E-state index is 1.06. The van der Waals surface area contributed by atoms with Crippen LogP contribution in [0.1, 0.15) is 18.1 Å². The zero-order chi connectivity index (χ0) is 13.9. The van der Waals surface area contributed by atoms with Gasteiger partial charge in [-0.25, -0.2) is 0 Å². The van der Waals surface area contributed by atoms with Crippen molar-refractivity contribution >= 4 is 26.8 Å². The molecule has 0 unspecified atom stereocenters. The standard InChI is InChI=1S/C17H21NS/c1-5-15-8-10-16(11-9-15)18-19(3,4)17-12-6-14(2)7-13-17/h6-13,18H,3-5H2,1-2H3. The average Bonchev–Trinajstić information content (AvgIpc) is 2.40. The average molecular weight is 271 g/mol. The molecule has 0 aromatic heterocycles. The second-order valence-electron chi connectivity index (χ2n) is 4.85. The van der Waals surface area contributed by atoms with Crippen molar-refractivity contribution in [2.45, 2.75) is 25.2 Å². The fourth-order valence-electron chi connectivity index (χ4n) is 1.89. The first kappa shape index (κ1) is 13.8. The van der Waals surface area contributed by atoms with Gasteiger partial charge in [-0.3, -0.25) is 0 Å². The SMILES string of the molecule is C=S(=C)(Nc1ccc(CC)cc1)c1ccc(C)cc1. The number of anilines is 1. The summed E-state index contributed by atoms with van der Waals surface area (Å²) in [6, 6.07) is 16.9. The van der Waals surface area contributed by atoms with Crippen molar-refractivity contribution in [3.63, 3.8) is 0 Å². The molecule has 19 heavy (non-hydrogen) atoms. The number of aryl methyl sites for hydroxylation is 2. The Bertz CT molecular complexity index is 635. The van der Waals surface area contributed by atoms with Crippen molar-refractivity contribution in [3.05, 3.63) is 59.7 Å². The smallest absolute Gasteiger partial charge is 0.0434 e. The zero-order valence-corrected chi connectivity index (χ0v) is 12.5. The number of rotatable bonds is 4. The van der Waals surface area contributed by atoms with Crippen LogP contribution in [0.3, 0.4) is 0 Å². The molecule has 0 bridgehead atoms. The summed E-state index contributed by atoms with van der Waals surface area (Å²) >= 11 is 0. The molecule has 0 saturated carbocycles. The van der Waals surface area contributed by atoms with Gasteiger partial charge in [0, 0.05) is 10.6 Å². The van der Waals surface area contributed by atoms with Crippen LogP contribution in [0.4, 0.5) is 5.69 Å². The van der Waals surface area contributed by atoms with Crippen LogP contribution in [-0.2, 0) is 6.42 Å². The third-order valence-corrected chi connectivity index (χ3v) is 4.95. The van der Waals surface area contributed by atoms with E-state index in [1.807, 2.05) is 0 Å². The van der Waals surface area contributed by atoms with Crippen molar-refractivity contribution in [3.8, 4) is 0 Å². The quantitative estimate of drug-likeness (QED) is 0.801. The molecule has 0 fully saturated rings. The van der Waals surface area contributed by atoms with Crippen LogP contribution in [0.2, 0.25) is 0 Å². The summed E-state index contributed by atoms with van der Waals surface area (Å²) in [7, 11) is -1.50. The number of nitrogens with one attached hydrogen (secondary N) is 1. The van der Waals surface area contributed by atoms with Crippen LogP contribution < -0.4 is 4.72 Å². The van der Waals surface area contributed by atoms with E-state index in [-0.39, 0.29) is 0 Å². The lowest BCUT2D eigenvalue weighted by Crippen LogP contribution is -1.96. The van der Waals surface area contributed by atoms with Crippen LogP contribution in [0.25, 0.3) is 0 Å². The Kier molecular flexibility index (Phi) is 4.01. The molecule has 0 radical (unpaired) electrons. The molecule has 0 amide bonds. The summed E-state index contributed by atoms with van der Waals surface area (Å²) in [6.07, 6.45) is 1.06. The van der Waals surface area contributed by atoms with Gasteiger partial charge in [0.05, 0.1) is 0 Å². The van der Waals surface area contributed by atoms with Crippen molar-refractivity contribution < 1.29 is 0 Å². The highest BCUT2D eigenvalue weighted by molar-refractivity contribution is 8.28. The van der Waals surface area contributed by atoms with Crippen LogP contribution in [0.15, 0.2) is 53.4 Å². The molecule has 0 heterocycles. The Morgan fingerprint density at radius 1 is 0.947 bits per heavy atom. The van der Waals surface area contributed by atoms with Crippen LogP contribution in [-0.4, -0.2) is 11.7 Å². The molecule has 0 aliphatic rings. The maximum absolute atomic E-state index is 4.27. The number of benzene rings is 2. The van der Waals surface area contributed by atoms with Gasteiger partial charge in [0.15, 0.2) is 0 Å². The van der Waals surface area contributed by atoms with E-state index < -0.39 is 9.39 Å². The largest absolute Gasteiger partial charge is 0.338 e. The van der Waals surface area contributed by atoms with Crippen LogP contribution >= 0.6 is 9.39 Å². The molecule has 2 aromatic rings. The molecular formula is C17H21NS. The molecule has 0 saturated heterocycles. The summed E-state index contributed by atoms with van der Waals surface area (Å²) in [4.78, 5) is 1.16. The maximum Gasteiger partial charge on any atom is 0.0434 e. The van der Waals surface area contributed by atoms with E-state index >= 15 is 0 Å². The zero-order valence-electron chi connectivity index (χ0n) is 11.6. The molecule has 1 N–H and O–H groups in total. The van der Waals surface area contributed by atoms with Gasteiger partial charge in [-0.2, -0.15) is 0 Å². The fourth-order valence-corrected chi connectivity index (χ4v) is 3.25. The lowest BCUT2D eigenvalue weighted by Gasteiger charge is -2.18. The Morgan fingerprint density at radius 2 is 1.53 bits per heavy atom. The Morgan fingerprint density at radius 3 is 2.05 bits per heavy atom. The molecule has 0 aliphatic heterocycles. The minimum atomic E-state index is -1.50. The minimum Gasteiger partial charge on any atom is -0.338 e. The van der Waals surface area contributed by atoms with E-state index in [0.717, 1.165) is 17.0 Å². The van der Waals surface area contributed by atoms with Crippen LogP contribution in [0.5, 0.6) is 0 Å². The predicted molar refractivity (Wildman–Crippen MR) is 90.7 cm³/mol. The number of hydrogen-bond acceptors (Lipinski definition) is 1. The first-order valence-corrected chi connectivity index (χ1v) is 8.41. The second-order valence-corrected chi connectivity index (χ2v) is 7.29. The predicted octanol–water partition coefficient (Wildman–Crippen LogP) is 4.61. The Hall–Kier alpha value is -1.67. The first-order chi connectivity index (χ1) is 9.01. The highest BCUT2D eigenvalue weighted by atomic mass is 32.2. The summed E-state index contributed by atoms with van der Waals surface area (Å²) in [5.74, 6) is 8.54. The van der Waals surface area contributed by atoms with Gasteiger partial charge in [-0.1, -0.05) is 48.5 Å². The molecule has 2 heteroatoms. The molecule has 0 spiro atoms. The molecule has 2 rings (SSSR count). The van der Waals surface area contributed by atoms with Gasteiger partial charge >= 0.3 is 0 Å². The fraction of sp³-hybridized carbons (Fsp3) is 0.176. The van der Waals surface area contributed by atoms with Crippen molar-refractivity contribution in [1.82, 2.24) is 0 Å². The van der Waals surface area contributed by atoms with E-state index in [0.29, 0.717) is 0 Å². The maximum atomic E-state index is 4.27. The van der Waals surface area contributed by atoms with Gasteiger partial charge in [0.25, 0.3) is 0 Å². The Balaban J connectivity index is 2.23. The van der Waals surface area contributed by atoms with Gasteiger partial charge < -0.3 is 4.72 Å². The monoisotopic (exact) mass is 271 g/mol. The topological polar surface area (TPSA) is 12.0 Å². The molecule has 2 aromatic carbocycles. The van der Waals surface area contributed by atoms with Gasteiger partial charge in [-0.15, -0.1) is 9.39 Å². The second kappa shape index (κ2) is 5.54. The highest BCUT2D eigenvalue weighted by Gasteiger charge is 2.02. The summed E-state index contributed by atoms with van der Waals surface area (Å²) in [5.41, 5.74) is 3.68. The van der Waals surface area contributed by atoms with Crippen molar-refractivity contribution in [2.75, 3.05) is 4.72 Å². The first-order valence-electron chi connectivity index (χ1n) is 6.44.